The van der Waals surface area contributed by atoms with E-state index in [1.54, 1.807) is 0 Å². The summed E-state index contributed by atoms with van der Waals surface area (Å²) in [7, 11) is 1.26. The van der Waals surface area contributed by atoms with Crippen LogP contribution in [0.3, 0.4) is 0 Å². The van der Waals surface area contributed by atoms with Crippen LogP contribution in [-0.4, -0.2) is 31.0 Å². The second kappa shape index (κ2) is 4.81. The van der Waals surface area contributed by atoms with Gasteiger partial charge in [0.05, 0.1) is 19.8 Å². The van der Waals surface area contributed by atoms with Crippen molar-refractivity contribution < 1.29 is 14.6 Å². The summed E-state index contributed by atoms with van der Waals surface area (Å²) in [6.07, 6.45) is 0.0654. The summed E-state index contributed by atoms with van der Waals surface area (Å²) >= 11 is 0. The van der Waals surface area contributed by atoms with E-state index in [1.807, 2.05) is 0 Å². The minimum absolute atomic E-state index is 0.135. The average Bonchev–Trinajstić information content (AvgIpc) is 1.99. The highest BCUT2D eigenvalue weighted by Crippen LogP contribution is 1.80. The molecule has 0 aliphatic carbocycles. The molecular weight excluding hydrogens is 134 g/mol. The maximum Gasteiger partial charge on any atom is 0.406 e. The van der Waals surface area contributed by atoms with E-state index >= 15 is 0 Å². The fourth-order valence-corrected chi connectivity index (χ4v) is 0.343. The molecule has 4 nitrogen and oxygen atoms in total. The number of carbonyl (C=O) groups is 1. The molecule has 10 heavy (non-hydrogen) atoms. The molecule has 0 aliphatic heterocycles. The van der Waals surface area contributed by atoms with E-state index < -0.39 is 12.2 Å². The average molecular weight is 145 g/mol. The highest BCUT2D eigenvalue weighted by Gasteiger charge is 2.00. The summed E-state index contributed by atoms with van der Waals surface area (Å²) in [4.78, 5) is 10.4. The van der Waals surface area contributed by atoms with Crippen LogP contribution in [0.25, 0.3) is 0 Å². The van der Waals surface area contributed by atoms with Gasteiger partial charge >= 0.3 is 6.09 Å². The summed E-state index contributed by atoms with van der Waals surface area (Å²) < 4.78 is 4.25. The summed E-state index contributed by atoms with van der Waals surface area (Å²) in [6.45, 7) is 3.46. The summed E-state index contributed by atoms with van der Waals surface area (Å²) in [6, 6.07) is 0. The first-order valence-corrected chi connectivity index (χ1v) is 2.83. The van der Waals surface area contributed by atoms with Crippen molar-refractivity contribution in [2.75, 3.05) is 13.7 Å². The monoisotopic (exact) mass is 145 g/mol. The molecule has 0 saturated carbocycles. The second-order valence-electron chi connectivity index (χ2n) is 1.68. The van der Waals surface area contributed by atoms with Crippen LogP contribution in [0.4, 0.5) is 4.79 Å². The Balaban J connectivity index is 3.34. The van der Waals surface area contributed by atoms with Crippen LogP contribution in [-0.2, 0) is 4.74 Å². The number of alkyl carbamates (subject to hydrolysis) is 1. The van der Waals surface area contributed by atoms with Gasteiger partial charge in [-0.3, -0.25) is 0 Å². The molecule has 0 rings (SSSR count). The number of carbonyl (C=O) groups excluding carboxylic acids is 1. The lowest BCUT2D eigenvalue weighted by Gasteiger charge is -2.05. The standard InChI is InChI=1S/C6H11NO3/c1-3-5(8)4-7-6(9)10-2/h3,5,8H,1,4H2,2H3,(H,7,9). The molecule has 0 aromatic heterocycles. The largest absolute Gasteiger partial charge is 0.453 e. The Morgan fingerprint density at radius 2 is 2.60 bits per heavy atom. The van der Waals surface area contributed by atoms with Gasteiger partial charge in [-0.15, -0.1) is 6.58 Å². The van der Waals surface area contributed by atoms with Crippen molar-refractivity contribution in [2.45, 2.75) is 6.10 Å². The third-order valence-corrected chi connectivity index (χ3v) is 0.913. The van der Waals surface area contributed by atoms with E-state index in [-0.39, 0.29) is 6.54 Å². The lowest BCUT2D eigenvalue weighted by atomic mass is 10.3. The normalized spacial score (nSPS) is 11.8. The molecule has 4 heteroatoms. The Bertz CT molecular complexity index is 124. The lowest BCUT2D eigenvalue weighted by Crippen LogP contribution is -2.30. The first-order chi connectivity index (χ1) is 4.70. The van der Waals surface area contributed by atoms with Crippen molar-refractivity contribution in [3.05, 3.63) is 12.7 Å². The van der Waals surface area contributed by atoms with Gasteiger partial charge in [0.1, 0.15) is 0 Å². The number of ether oxygens (including phenoxy) is 1. The third-order valence-electron chi connectivity index (χ3n) is 0.913. The molecule has 0 spiro atoms. The summed E-state index contributed by atoms with van der Waals surface area (Å²) in [5.41, 5.74) is 0. The number of hydrogen-bond acceptors (Lipinski definition) is 3. The van der Waals surface area contributed by atoms with E-state index in [2.05, 4.69) is 16.6 Å². The molecule has 0 aliphatic rings. The van der Waals surface area contributed by atoms with E-state index in [1.165, 1.54) is 13.2 Å². The molecule has 0 fully saturated rings. The van der Waals surface area contributed by atoms with Gasteiger partial charge in [0.25, 0.3) is 0 Å². The van der Waals surface area contributed by atoms with Crippen LogP contribution < -0.4 is 5.32 Å². The highest BCUT2D eigenvalue weighted by molar-refractivity contribution is 5.66. The van der Waals surface area contributed by atoms with E-state index in [9.17, 15) is 4.79 Å². The fourth-order valence-electron chi connectivity index (χ4n) is 0.343. The molecular formula is C6H11NO3. The quantitative estimate of drug-likeness (QED) is 0.545. The fraction of sp³-hybridized carbons (Fsp3) is 0.500. The first-order valence-electron chi connectivity index (χ1n) is 2.83. The van der Waals surface area contributed by atoms with E-state index in [4.69, 9.17) is 5.11 Å². The summed E-state index contributed by atoms with van der Waals surface area (Å²) in [5.74, 6) is 0. The zero-order valence-electron chi connectivity index (χ0n) is 5.83. The van der Waals surface area contributed by atoms with Gasteiger partial charge in [0.2, 0.25) is 0 Å². The molecule has 0 heterocycles. The number of aliphatic hydroxyl groups excluding tert-OH is 1. The topological polar surface area (TPSA) is 58.6 Å². The van der Waals surface area contributed by atoms with Crippen molar-refractivity contribution in [2.24, 2.45) is 0 Å². The molecule has 0 bridgehead atoms. The summed E-state index contributed by atoms with van der Waals surface area (Å²) in [5, 5.41) is 11.1. The second-order valence-corrected chi connectivity index (χ2v) is 1.68. The Hall–Kier alpha value is -1.03. The molecule has 1 amide bonds. The Kier molecular flexibility index (Phi) is 4.32. The maximum absolute atomic E-state index is 10.4. The van der Waals surface area contributed by atoms with Crippen LogP contribution >= 0.6 is 0 Å². The Morgan fingerprint density at radius 1 is 2.00 bits per heavy atom. The Morgan fingerprint density at radius 3 is 3.00 bits per heavy atom. The van der Waals surface area contributed by atoms with Gasteiger partial charge in [-0.2, -0.15) is 0 Å². The third kappa shape index (κ3) is 3.91. The zero-order chi connectivity index (χ0) is 7.98. The molecule has 0 aromatic rings. The van der Waals surface area contributed by atoms with Gasteiger partial charge < -0.3 is 15.2 Å². The molecule has 0 aromatic carbocycles. The Labute approximate surface area is 59.5 Å². The van der Waals surface area contributed by atoms with Crippen LogP contribution in [0, 0.1) is 0 Å². The molecule has 58 valence electrons. The predicted octanol–water partition coefficient (Wildman–Crippen LogP) is -0.111. The minimum Gasteiger partial charge on any atom is -0.453 e. The van der Waals surface area contributed by atoms with Crippen LogP contribution in [0.1, 0.15) is 0 Å². The van der Waals surface area contributed by atoms with Crippen LogP contribution in [0.2, 0.25) is 0 Å². The number of amides is 1. The van der Waals surface area contributed by atoms with Crippen LogP contribution in [0.5, 0.6) is 0 Å². The number of nitrogens with one attached hydrogen (secondary N) is 1. The SMILES string of the molecule is C=CC(O)CNC(=O)OC. The minimum atomic E-state index is -0.709. The van der Waals surface area contributed by atoms with Crippen LogP contribution in [0.15, 0.2) is 12.7 Å². The molecule has 2 N–H and O–H groups in total. The van der Waals surface area contributed by atoms with Crippen molar-refractivity contribution in [1.82, 2.24) is 5.32 Å². The van der Waals surface area contributed by atoms with Crippen molar-refractivity contribution in [3.8, 4) is 0 Å². The smallest absolute Gasteiger partial charge is 0.406 e. The van der Waals surface area contributed by atoms with Crippen molar-refractivity contribution >= 4 is 6.09 Å². The van der Waals surface area contributed by atoms with E-state index in [0.29, 0.717) is 0 Å². The van der Waals surface area contributed by atoms with Crippen molar-refractivity contribution in [1.29, 1.82) is 0 Å². The zero-order valence-corrected chi connectivity index (χ0v) is 5.83. The van der Waals surface area contributed by atoms with Crippen molar-refractivity contribution in [3.63, 3.8) is 0 Å². The molecule has 1 unspecified atom stereocenters. The number of rotatable bonds is 3. The van der Waals surface area contributed by atoms with E-state index in [0.717, 1.165) is 0 Å². The number of hydrogen-bond donors (Lipinski definition) is 2. The van der Waals surface area contributed by atoms with Gasteiger partial charge in [-0.05, 0) is 0 Å². The first kappa shape index (κ1) is 8.97. The lowest BCUT2D eigenvalue weighted by molar-refractivity contribution is 0.160. The number of aliphatic hydroxyl groups is 1. The van der Waals surface area contributed by atoms with Gasteiger partial charge in [-0.25, -0.2) is 4.79 Å². The predicted molar refractivity (Wildman–Crippen MR) is 36.6 cm³/mol. The molecule has 0 radical (unpaired) electrons. The van der Waals surface area contributed by atoms with Gasteiger partial charge in [0, 0.05) is 0 Å². The maximum atomic E-state index is 10.4. The highest BCUT2D eigenvalue weighted by atomic mass is 16.5. The van der Waals surface area contributed by atoms with Gasteiger partial charge in [0.15, 0.2) is 0 Å². The number of methoxy groups -OCH3 is 1. The molecule has 1 atom stereocenters. The van der Waals surface area contributed by atoms with Gasteiger partial charge in [-0.1, -0.05) is 6.08 Å². The molecule has 0 saturated heterocycles.